The highest BCUT2D eigenvalue weighted by atomic mass is 35.5. The van der Waals surface area contributed by atoms with Crippen molar-refractivity contribution in [3.63, 3.8) is 0 Å². The molecule has 0 bridgehead atoms. The Morgan fingerprint density at radius 3 is 2.53 bits per heavy atom. The second-order valence-electron chi connectivity index (χ2n) is 7.41. The molecule has 0 atom stereocenters. The van der Waals surface area contributed by atoms with Crippen LogP contribution in [-0.4, -0.2) is 32.7 Å². The van der Waals surface area contributed by atoms with Crippen molar-refractivity contribution in [2.24, 2.45) is 7.05 Å². The zero-order valence-electron chi connectivity index (χ0n) is 19.0. The van der Waals surface area contributed by atoms with E-state index in [2.05, 4.69) is 15.3 Å². The average Bonchev–Trinajstić information content (AvgIpc) is 3.17. The molecule has 2 heterocycles. The van der Waals surface area contributed by atoms with Crippen molar-refractivity contribution in [3.8, 4) is 22.4 Å². The Morgan fingerprint density at radius 2 is 1.88 bits per heavy atom. The molecule has 0 saturated heterocycles. The summed E-state index contributed by atoms with van der Waals surface area (Å²) in [6, 6.07) is 13.3. The summed E-state index contributed by atoms with van der Waals surface area (Å²) in [5.74, 6) is -0.0331. The fourth-order valence-electron chi connectivity index (χ4n) is 3.41. The van der Waals surface area contributed by atoms with Crippen LogP contribution in [0.5, 0.6) is 0 Å². The second-order valence-corrected chi connectivity index (χ2v) is 7.85. The van der Waals surface area contributed by atoms with Gasteiger partial charge in [-0.05, 0) is 48.4 Å². The summed E-state index contributed by atoms with van der Waals surface area (Å²) in [6.45, 7) is 2.14. The van der Waals surface area contributed by atoms with Crippen LogP contribution in [0.4, 0.5) is 10.2 Å². The summed E-state index contributed by atoms with van der Waals surface area (Å²) in [5, 5.41) is 10.3. The maximum absolute atomic E-state index is 14.8. The number of amides is 1. The largest absolute Gasteiger partial charge is 0.400 e. The number of hydrogen-bond acceptors (Lipinski definition) is 5. The van der Waals surface area contributed by atoms with E-state index < -0.39 is 11.7 Å². The molecule has 0 unspecified atom stereocenters. The van der Waals surface area contributed by atoms with E-state index in [0.29, 0.717) is 16.1 Å². The molecule has 2 aromatic carbocycles. The van der Waals surface area contributed by atoms with Crippen LogP contribution in [0, 0.1) is 12.7 Å². The van der Waals surface area contributed by atoms with Gasteiger partial charge in [0.25, 0.3) is 5.91 Å². The molecule has 0 saturated carbocycles. The lowest BCUT2D eigenvalue weighted by Gasteiger charge is -2.11. The monoisotopic (exact) mass is 481 g/mol. The van der Waals surface area contributed by atoms with E-state index >= 15 is 0 Å². The minimum atomic E-state index is -0.646. The Morgan fingerprint density at radius 1 is 1.12 bits per heavy atom. The van der Waals surface area contributed by atoms with Crippen LogP contribution in [0.15, 0.2) is 60.9 Å². The maximum Gasteiger partial charge on any atom is 0.254 e. The Balaban J connectivity index is 0.00000158. The highest BCUT2D eigenvalue weighted by molar-refractivity contribution is 6.30. The Bertz CT molecular complexity index is 1320. The number of nitrogens with zero attached hydrogens (tertiary/aromatic N) is 3. The van der Waals surface area contributed by atoms with Crippen LogP contribution < -0.4 is 11.1 Å². The zero-order valence-corrected chi connectivity index (χ0v) is 19.8. The number of rotatable bonds is 5. The highest BCUT2D eigenvalue weighted by Crippen LogP contribution is 2.30. The molecule has 0 radical (unpaired) electrons. The first-order chi connectivity index (χ1) is 16.3. The van der Waals surface area contributed by atoms with Crippen molar-refractivity contribution in [1.82, 2.24) is 19.9 Å². The number of imidazole rings is 1. The SMILES string of the molecule is CO.Cc1ncc(-c2cnc(N)c(-c3ccc(C(=O)NCc4cccc(Cl)c4)c(F)c3)c2)n1C. The molecule has 0 aliphatic carbocycles. The van der Waals surface area contributed by atoms with Gasteiger partial charge in [-0.15, -0.1) is 0 Å². The molecule has 0 fully saturated rings. The Labute approximate surface area is 202 Å². The molecule has 176 valence electrons. The van der Waals surface area contributed by atoms with Crippen LogP contribution in [0.1, 0.15) is 21.7 Å². The fourth-order valence-corrected chi connectivity index (χ4v) is 3.62. The number of aliphatic hydroxyl groups is 1. The number of nitrogen functional groups attached to an aromatic ring is 1. The van der Waals surface area contributed by atoms with Gasteiger partial charge >= 0.3 is 0 Å². The Hall–Kier alpha value is -3.75. The molecule has 2 aromatic heterocycles. The molecular weight excluding hydrogens is 457 g/mol. The van der Waals surface area contributed by atoms with E-state index in [1.54, 1.807) is 36.7 Å². The first kappa shape index (κ1) is 24.9. The van der Waals surface area contributed by atoms with Crippen molar-refractivity contribution >= 4 is 23.3 Å². The number of halogens is 2. The summed E-state index contributed by atoms with van der Waals surface area (Å²) < 4.78 is 16.8. The summed E-state index contributed by atoms with van der Waals surface area (Å²) in [6.07, 6.45) is 3.41. The number of nitrogens with one attached hydrogen (secondary N) is 1. The van der Waals surface area contributed by atoms with Gasteiger partial charge in [-0.2, -0.15) is 0 Å². The third kappa shape index (κ3) is 5.41. The number of aliphatic hydroxyl groups excluding tert-OH is 1. The fraction of sp³-hybridized carbons (Fsp3) is 0.160. The first-order valence-corrected chi connectivity index (χ1v) is 10.7. The van der Waals surface area contributed by atoms with Crippen molar-refractivity contribution in [2.75, 3.05) is 12.8 Å². The summed E-state index contributed by atoms with van der Waals surface area (Å²) >= 11 is 5.96. The van der Waals surface area contributed by atoms with Gasteiger partial charge in [0.05, 0.1) is 17.5 Å². The van der Waals surface area contributed by atoms with E-state index in [4.69, 9.17) is 22.4 Å². The predicted octanol–water partition coefficient (Wildman–Crippen LogP) is 4.37. The first-order valence-electron chi connectivity index (χ1n) is 10.3. The molecule has 1 amide bonds. The lowest BCUT2D eigenvalue weighted by Crippen LogP contribution is -2.23. The number of pyridine rings is 1. The van der Waals surface area contributed by atoms with Gasteiger partial charge in [0.1, 0.15) is 17.5 Å². The lowest BCUT2D eigenvalue weighted by molar-refractivity contribution is 0.0947. The van der Waals surface area contributed by atoms with Gasteiger partial charge in [0, 0.05) is 43.0 Å². The van der Waals surface area contributed by atoms with E-state index in [-0.39, 0.29) is 17.9 Å². The molecule has 0 aliphatic heterocycles. The van der Waals surface area contributed by atoms with Crippen molar-refractivity contribution < 1.29 is 14.3 Å². The standard InChI is InChI=1S/C24H21ClFN5O.CH4O/c1-14-28-13-22(31(14)2)17-9-20(23(27)29-12-17)16-6-7-19(21(26)10-16)24(32)30-11-15-4-3-5-18(25)8-15;1-2/h3-10,12-13H,11H2,1-2H3,(H2,27,29)(H,30,32);2H,1H3. The van der Waals surface area contributed by atoms with Crippen LogP contribution in [0.25, 0.3) is 22.4 Å². The molecule has 7 nitrogen and oxygen atoms in total. The molecule has 0 aliphatic rings. The summed E-state index contributed by atoms with van der Waals surface area (Å²) in [5.41, 5.74) is 9.62. The molecule has 9 heteroatoms. The number of carbonyl (C=O) groups is 1. The topological polar surface area (TPSA) is 106 Å². The van der Waals surface area contributed by atoms with Crippen LogP contribution in [0.2, 0.25) is 5.02 Å². The van der Waals surface area contributed by atoms with Gasteiger partial charge in [-0.1, -0.05) is 29.8 Å². The molecule has 0 spiro atoms. The highest BCUT2D eigenvalue weighted by Gasteiger charge is 2.15. The number of anilines is 1. The van der Waals surface area contributed by atoms with Gasteiger partial charge in [-0.3, -0.25) is 4.79 Å². The van der Waals surface area contributed by atoms with E-state index in [1.807, 2.05) is 30.7 Å². The van der Waals surface area contributed by atoms with Gasteiger partial charge in [-0.25, -0.2) is 14.4 Å². The predicted molar refractivity (Wildman–Crippen MR) is 132 cm³/mol. The van der Waals surface area contributed by atoms with Crippen LogP contribution in [-0.2, 0) is 13.6 Å². The quantitative estimate of drug-likeness (QED) is 0.392. The van der Waals surface area contributed by atoms with Crippen molar-refractivity contribution in [2.45, 2.75) is 13.5 Å². The van der Waals surface area contributed by atoms with Crippen LogP contribution in [0.3, 0.4) is 0 Å². The van der Waals surface area contributed by atoms with E-state index in [0.717, 1.165) is 29.8 Å². The lowest BCUT2D eigenvalue weighted by atomic mass is 10.0. The van der Waals surface area contributed by atoms with Crippen molar-refractivity contribution in [3.05, 3.63) is 88.7 Å². The third-order valence-electron chi connectivity index (χ3n) is 5.30. The zero-order chi connectivity index (χ0) is 24.8. The molecule has 4 rings (SSSR count). The Kier molecular flexibility index (Phi) is 7.99. The summed E-state index contributed by atoms with van der Waals surface area (Å²) in [4.78, 5) is 21.0. The van der Waals surface area contributed by atoms with Crippen LogP contribution >= 0.6 is 11.6 Å². The number of aromatic nitrogens is 3. The smallest absolute Gasteiger partial charge is 0.254 e. The number of benzene rings is 2. The van der Waals surface area contributed by atoms with E-state index in [1.165, 1.54) is 12.1 Å². The minimum Gasteiger partial charge on any atom is -0.400 e. The molecular formula is C25H25ClFN5O2. The van der Waals surface area contributed by atoms with E-state index in [9.17, 15) is 9.18 Å². The molecule has 34 heavy (non-hydrogen) atoms. The summed E-state index contributed by atoms with van der Waals surface area (Å²) in [7, 11) is 2.91. The average molecular weight is 482 g/mol. The van der Waals surface area contributed by atoms with Gasteiger partial charge in [0.2, 0.25) is 0 Å². The van der Waals surface area contributed by atoms with Crippen molar-refractivity contribution in [1.29, 1.82) is 0 Å². The van der Waals surface area contributed by atoms with Gasteiger partial charge in [0.15, 0.2) is 0 Å². The number of aryl methyl sites for hydroxylation is 1. The van der Waals surface area contributed by atoms with Gasteiger partial charge < -0.3 is 20.7 Å². The third-order valence-corrected chi connectivity index (χ3v) is 5.54. The molecule has 4 aromatic rings. The second kappa shape index (κ2) is 10.9. The number of nitrogens with two attached hydrogens (primary N) is 1. The normalized spacial score (nSPS) is 10.4. The number of hydrogen-bond donors (Lipinski definition) is 3. The minimum absolute atomic E-state index is 0.0549. The molecule has 4 N–H and O–H groups in total. The maximum atomic E-state index is 14.8. The number of carbonyl (C=O) groups excluding carboxylic acids is 1.